The number of amides is 4. The van der Waals surface area contributed by atoms with E-state index in [-0.39, 0.29) is 36.9 Å². The molecule has 1 saturated carbocycles. The molecule has 3 fully saturated rings. The summed E-state index contributed by atoms with van der Waals surface area (Å²) in [5, 5.41) is 9.09. The highest BCUT2D eigenvalue weighted by Gasteiger charge is 2.76. The monoisotopic (exact) mass is 646 g/mol. The predicted molar refractivity (Wildman–Crippen MR) is 151 cm³/mol. The van der Waals surface area contributed by atoms with Crippen LogP contribution in [-0.4, -0.2) is 62.1 Å². The van der Waals surface area contributed by atoms with E-state index < -0.39 is 45.2 Å². The molecule has 40 heavy (non-hydrogen) atoms. The molecular formula is C29H25BrCl2N2O6. The van der Waals surface area contributed by atoms with Gasteiger partial charge in [0.05, 0.1) is 29.6 Å². The summed E-state index contributed by atoms with van der Waals surface area (Å²) in [5.41, 5.74) is 1.76. The van der Waals surface area contributed by atoms with Gasteiger partial charge in [-0.05, 0) is 48.6 Å². The number of halogens is 3. The van der Waals surface area contributed by atoms with E-state index >= 15 is 0 Å². The third-order valence-corrected chi connectivity index (χ3v) is 10.5. The Labute approximate surface area is 249 Å². The van der Waals surface area contributed by atoms with E-state index in [1.165, 1.54) is 4.90 Å². The summed E-state index contributed by atoms with van der Waals surface area (Å²) in [7, 11) is 0. The van der Waals surface area contributed by atoms with Crippen LogP contribution in [-0.2, 0) is 19.2 Å². The standard InChI is InChI=1S/C29H25BrCl2N2O6/c30-15-33-26(38)28(31)14-21-19(10-11-20-22(21)25(37)34(24(20)36)17-4-2-1-3-5-17)23(29(28,32)27(33)39)16-6-8-18(9-7-16)40-13-12-35/h1-10,20-23,35H,11-15H2. The molecule has 0 aromatic heterocycles. The molecule has 0 radical (unpaired) electrons. The first kappa shape index (κ1) is 27.4. The van der Waals surface area contributed by atoms with Gasteiger partial charge in [-0.2, -0.15) is 0 Å². The summed E-state index contributed by atoms with van der Waals surface area (Å²) < 4.78 is 5.50. The molecule has 4 amide bonds. The van der Waals surface area contributed by atoms with E-state index in [9.17, 15) is 19.2 Å². The number of ether oxygens (including phenoxy) is 1. The van der Waals surface area contributed by atoms with E-state index in [0.717, 1.165) is 10.5 Å². The quantitative estimate of drug-likeness (QED) is 0.220. The highest BCUT2D eigenvalue weighted by Crippen LogP contribution is 2.65. The number of nitrogens with zero attached hydrogens (tertiary/aromatic N) is 2. The molecule has 0 spiro atoms. The molecule has 8 nitrogen and oxygen atoms in total. The number of hydrogen-bond donors (Lipinski definition) is 1. The lowest BCUT2D eigenvalue weighted by Crippen LogP contribution is -2.60. The van der Waals surface area contributed by atoms with Crippen molar-refractivity contribution < 1.29 is 29.0 Å². The molecule has 2 aliphatic carbocycles. The first-order valence-electron chi connectivity index (χ1n) is 13.0. The van der Waals surface area contributed by atoms with E-state index in [2.05, 4.69) is 15.9 Å². The molecule has 2 saturated heterocycles. The number of alkyl halides is 3. The molecule has 2 aromatic rings. The number of aliphatic hydroxyl groups excluding tert-OH is 1. The average Bonchev–Trinajstić information content (AvgIpc) is 3.30. The van der Waals surface area contributed by atoms with Gasteiger partial charge >= 0.3 is 0 Å². The maximum atomic E-state index is 13.9. The molecule has 208 valence electrons. The maximum Gasteiger partial charge on any atom is 0.254 e. The number of imide groups is 2. The normalized spacial score (nSPS) is 33.0. The molecular weight excluding hydrogens is 623 g/mol. The van der Waals surface area contributed by atoms with Gasteiger partial charge in [0.1, 0.15) is 12.4 Å². The number of carbonyl (C=O) groups is 4. The lowest BCUT2D eigenvalue weighted by atomic mass is 9.56. The van der Waals surface area contributed by atoms with Crippen LogP contribution in [0, 0.1) is 17.8 Å². The summed E-state index contributed by atoms with van der Waals surface area (Å²) >= 11 is 17.7. The van der Waals surface area contributed by atoms with E-state index in [1.54, 1.807) is 48.5 Å². The summed E-state index contributed by atoms with van der Waals surface area (Å²) in [5.74, 6) is -4.16. The van der Waals surface area contributed by atoms with Crippen LogP contribution in [0.5, 0.6) is 5.75 Å². The third-order valence-electron chi connectivity index (χ3n) is 8.60. The second-order valence-corrected chi connectivity index (χ2v) is 12.2. The van der Waals surface area contributed by atoms with Crippen LogP contribution >= 0.6 is 39.1 Å². The first-order chi connectivity index (χ1) is 19.2. The minimum atomic E-state index is -1.85. The second kappa shape index (κ2) is 9.98. The minimum absolute atomic E-state index is 0.0605. The van der Waals surface area contributed by atoms with Gasteiger partial charge in [0, 0.05) is 5.92 Å². The number of anilines is 1. The number of rotatable bonds is 6. The Morgan fingerprint density at radius 1 is 0.950 bits per heavy atom. The van der Waals surface area contributed by atoms with Crippen LogP contribution in [0.15, 0.2) is 66.2 Å². The Balaban J connectivity index is 1.48. The molecule has 4 aliphatic rings. The Bertz CT molecular complexity index is 1440. The van der Waals surface area contributed by atoms with Gasteiger partial charge < -0.3 is 9.84 Å². The molecule has 2 aromatic carbocycles. The van der Waals surface area contributed by atoms with E-state index in [1.807, 2.05) is 12.1 Å². The molecule has 1 N–H and O–H groups in total. The largest absolute Gasteiger partial charge is 0.491 e. The minimum Gasteiger partial charge on any atom is -0.491 e. The number of allylic oxidation sites excluding steroid dienone is 2. The van der Waals surface area contributed by atoms with Gasteiger partial charge in [-0.1, -0.05) is 57.9 Å². The lowest BCUT2D eigenvalue weighted by Gasteiger charge is -2.50. The number of carbonyl (C=O) groups excluding carboxylic acids is 4. The zero-order valence-electron chi connectivity index (χ0n) is 21.1. The fourth-order valence-corrected chi connectivity index (χ4v) is 8.30. The third kappa shape index (κ3) is 3.67. The van der Waals surface area contributed by atoms with Gasteiger partial charge in [-0.25, -0.2) is 0 Å². The molecule has 2 heterocycles. The molecule has 11 heteroatoms. The average molecular weight is 648 g/mol. The van der Waals surface area contributed by atoms with Crippen LogP contribution in [0.25, 0.3) is 0 Å². The topological polar surface area (TPSA) is 104 Å². The van der Waals surface area contributed by atoms with Gasteiger partial charge in [-0.15, -0.1) is 23.2 Å². The fourth-order valence-electron chi connectivity index (χ4n) is 6.88. The van der Waals surface area contributed by atoms with Crippen molar-refractivity contribution in [2.24, 2.45) is 17.8 Å². The number of hydrogen-bond acceptors (Lipinski definition) is 6. The summed E-state index contributed by atoms with van der Waals surface area (Å²) in [6.07, 6.45) is 2.14. The van der Waals surface area contributed by atoms with Crippen molar-refractivity contribution >= 4 is 68.4 Å². The SMILES string of the molecule is O=C1C2CC=C3C(CC4(Cl)C(=O)N(CBr)C(=O)C4(Cl)C3c3ccc(OCCO)cc3)C2C(=O)N1c1ccccc1. The van der Waals surface area contributed by atoms with Crippen LogP contribution in [0.1, 0.15) is 24.3 Å². The van der Waals surface area contributed by atoms with Gasteiger partial charge in [0.15, 0.2) is 9.75 Å². The number of likely N-dealkylation sites (tertiary alicyclic amines) is 1. The Hall–Kier alpha value is -2.72. The van der Waals surface area contributed by atoms with Gasteiger partial charge in [0.2, 0.25) is 11.8 Å². The zero-order chi connectivity index (χ0) is 28.4. The summed E-state index contributed by atoms with van der Waals surface area (Å²) in [6.45, 7) is -0.0304. The van der Waals surface area contributed by atoms with E-state index in [0.29, 0.717) is 23.4 Å². The fraction of sp³-hybridized carbons (Fsp3) is 0.379. The highest BCUT2D eigenvalue weighted by molar-refractivity contribution is 9.09. The summed E-state index contributed by atoms with van der Waals surface area (Å²) in [4.78, 5) is 53.5. The Kier molecular flexibility index (Phi) is 6.85. The zero-order valence-corrected chi connectivity index (χ0v) is 24.2. The molecule has 2 aliphatic heterocycles. The van der Waals surface area contributed by atoms with Crippen LogP contribution in [0.2, 0.25) is 0 Å². The number of aliphatic hydroxyl groups is 1. The van der Waals surface area contributed by atoms with Crippen molar-refractivity contribution in [2.45, 2.75) is 28.5 Å². The van der Waals surface area contributed by atoms with Crippen LogP contribution in [0.4, 0.5) is 5.69 Å². The molecule has 6 rings (SSSR count). The second-order valence-electron chi connectivity index (χ2n) is 10.5. The van der Waals surface area contributed by atoms with Crippen molar-refractivity contribution in [3.05, 3.63) is 71.8 Å². The van der Waals surface area contributed by atoms with Gasteiger partial charge in [0.25, 0.3) is 11.8 Å². The van der Waals surface area contributed by atoms with E-state index in [4.69, 9.17) is 33.0 Å². The van der Waals surface area contributed by atoms with Crippen molar-refractivity contribution in [2.75, 3.05) is 23.6 Å². The Morgan fingerprint density at radius 3 is 2.30 bits per heavy atom. The van der Waals surface area contributed by atoms with Crippen molar-refractivity contribution in [3.8, 4) is 5.75 Å². The predicted octanol–water partition coefficient (Wildman–Crippen LogP) is 3.97. The van der Waals surface area contributed by atoms with Crippen molar-refractivity contribution in [1.29, 1.82) is 0 Å². The molecule has 6 unspecified atom stereocenters. The van der Waals surface area contributed by atoms with Crippen LogP contribution < -0.4 is 9.64 Å². The van der Waals surface area contributed by atoms with Gasteiger partial charge in [-0.3, -0.25) is 29.0 Å². The maximum absolute atomic E-state index is 13.9. The number of para-hydroxylation sites is 1. The Morgan fingerprint density at radius 2 is 1.65 bits per heavy atom. The number of fused-ring (bicyclic) bond motifs is 4. The summed E-state index contributed by atoms with van der Waals surface area (Å²) in [6, 6.07) is 15.7. The molecule has 6 atom stereocenters. The van der Waals surface area contributed by atoms with Crippen molar-refractivity contribution in [1.82, 2.24) is 4.90 Å². The van der Waals surface area contributed by atoms with Crippen molar-refractivity contribution in [3.63, 3.8) is 0 Å². The first-order valence-corrected chi connectivity index (χ1v) is 14.8. The van der Waals surface area contributed by atoms with Crippen LogP contribution in [0.3, 0.4) is 0 Å². The molecule has 0 bridgehead atoms. The smallest absolute Gasteiger partial charge is 0.254 e. The number of benzene rings is 2. The lowest BCUT2D eigenvalue weighted by molar-refractivity contribution is -0.138. The highest BCUT2D eigenvalue weighted by atomic mass is 79.9.